The Morgan fingerprint density at radius 1 is 1.32 bits per heavy atom. The monoisotopic (exact) mass is 313 g/mol. The molecule has 0 radical (unpaired) electrons. The number of amides is 1. The number of carbonyl (C=O) groups excluding carboxylic acids is 1. The molecule has 22 heavy (non-hydrogen) atoms. The molecule has 2 N–H and O–H groups in total. The van der Waals surface area contributed by atoms with Crippen LogP contribution in [0.25, 0.3) is 0 Å². The van der Waals surface area contributed by atoms with Crippen LogP contribution in [0.3, 0.4) is 0 Å². The molecule has 6 heteroatoms. The summed E-state index contributed by atoms with van der Waals surface area (Å²) in [6.07, 6.45) is 0.435. The summed E-state index contributed by atoms with van der Waals surface area (Å²) in [5.74, 6) is 0.198. The SMILES string of the molecule is Cc1ccc(C(=O)Nc2ccccc2SCCC#N)c(=O)[nH]1. The number of nitrogens with zero attached hydrogens (tertiary/aromatic N) is 1. The molecule has 0 bridgehead atoms. The van der Waals surface area contributed by atoms with Gasteiger partial charge in [0.2, 0.25) is 0 Å². The lowest BCUT2D eigenvalue weighted by molar-refractivity contribution is 0.102. The maximum atomic E-state index is 12.2. The van der Waals surface area contributed by atoms with E-state index in [-0.39, 0.29) is 5.56 Å². The van der Waals surface area contributed by atoms with Crippen molar-refractivity contribution in [3.05, 3.63) is 58.0 Å². The van der Waals surface area contributed by atoms with Crippen molar-refractivity contribution < 1.29 is 4.79 Å². The van der Waals surface area contributed by atoms with Crippen molar-refractivity contribution in [1.82, 2.24) is 4.98 Å². The molecule has 1 heterocycles. The maximum absolute atomic E-state index is 12.2. The van der Waals surface area contributed by atoms with Gasteiger partial charge in [-0.15, -0.1) is 11.8 Å². The minimum atomic E-state index is -0.449. The number of nitrogens with one attached hydrogen (secondary N) is 2. The minimum Gasteiger partial charge on any atom is -0.326 e. The number of aromatic amines is 1. The number of benzene rings is 1. The van der Waals surface area contributed by atoms with E-state index in [1.807, 2.05) is 18.2 Å². The van der Waals surface area contributed by atoms with E-state index >= 15 is 0 Å². The van der Waals surface area contributed by atoms with Crippen LogP contribution < -0.4 is 10.9 Å². The molecule has 0 aliphatic rings. The topological polar surface area (TPSA) is 85.8 Å². The zero-order chi connectivity index (χ0) is 15.9. The van der Waals surface area contributed by atoms with Gasteiger partial charge in [0, 0.05) is 22.8 Å². The van der Waals surface area contributed by atoms with Crippen LogP contribution in [0.4, 0.5) is 5.69 Å². The zero-order valence-corrected chi connectivity index (χ0v) is 12.9. The Bertz CT molecular complexity index is 777. The Morgan fingerprint density at radius 3 is 2.82 bits per heavy atom. The molecule has 0 spiro atoms. The first-order chi connectivity index (χ1) is 10.6. The highest BCUT2D eigenvalue weighted by Crippen LogP contribution is 2.27. The Hall–Kier alpha value is -2.52. The number of anilines is 1. The lowest BCUT2D eigenvalue weighted by Gasteiger charge is -2.10. The molecule has 112 valence electrons. The van der Waals surface area contributed by atoms with Crippen LogP contribution >= 0.6 is 11.8 Å². The maximum Gasteiger partial charge on any atom is 0.261 e. The summed E-state index contributed by atoms with van der Waals surface area (Å²) >= 11 is 1.49. The first kappa shape index (κ1) is 15.9. The highest BCUT2D eigenvalue weighted by atomic mass is 32.2. The standard InChI is InChI=1S/C16H15N3O2S/c1-11-7-8-12(15(20)18-11)16(21)19-13-5-2-3-6-14(13)22-10-4-9-17/h2-3,5-8H,4,10H2,1H3,(H,18,20)(H,19,21). The molecule has 1 aromatic heterocycles. The molecule has 0 atom stereocenters. The molecule has 2 rings (SSSR count). The number of hydrogen-bond acceptors (Lipinski definition) is 4. The van der Waals surface area contributed by atoms with Crippen LogP contribution in [0, 0.1) is 18.3 Å². The number of hydrogen-bond donors (Lipinski definition) is 2. The van der Waals surface area contributed by atoms with Gasteiger partial charge < -0.3 is 10.3 Å². The number of pyridine rings is 1. The molecule has 0 unspecified atom stereocenters. The van der Waals surface area contributed by atoms with Crippen LogP contribution in [0.5, 0.6) is 0 Å². The van der Waals surface area contributed by atoms with Gasteiger partial charge in [0.1, 0.15) is 5.56 Å². The van der Waals surface area contributed by atoms with E-state index in [4.69, 9.17) is 5.26 Å². The zero-order valence-electron chi connectivity index (χ0n) is 12.1. The first-order valence-electron chi connectivity index (χ1n) is 6.72. The van der Waals surface area contributed by atoms with Gasteiger partial charge >= 0.3 is 0 Å². The Balaban J connectivity index is 2.18. The predicted molar refractivity (Wildman–Crippen MR) is 87.1 cm³/mol. The molecule has 1 aromatic carbocycles. The van der Waals surface area contributed by atoms with Crippen LogP contribution in [-0.2, 0) is 0 Å². The number of para-hydroxylation sites is 1. The Morgan fingerprint density at radius 2 is 2.09 bits per heavy atom. The van der Waals surface area contributed by atoms with Crippen molar-refractivity contribution in [1.29, 1.82) is 5.26 Å². The van der Waals surface area contributed by atoms with E-state index in [0.717, 1.165) is 4.90 Å². The summed E-state index contributed by atoms with van der Waals surface area (Å²) in [6.45, 7) is 1.75. The van der Waals surface area contributed by atoms with Gasteiger partial charge in [-0.2, -0.15) is 5.26 Å². The summed E-state index contributed by atoms with van der Waals surface area (Å²) in [6, 6.07) is 12.6. The van der Waals surface area contributed by atoms with Crippen molar-refractivity contribution in [3.8, 4) is 6.07 Å². The number of aryl methyl sites for hydroxylation is 1. The summed E-state index contributed by atoms with van der Waals surface area (Å²) in [5.41, 5.74) is 0.999. The molecule has 0 fully saturated rings. The normalized spacial score (nSPS) is 10.0. The number of carbonyl (C=O) groups is 1. The fraction of sp³-hybridized carbons (Fsp3) is 0.188. The van der Waals surface area contributed by atoms with E-state index in [0.29, 0.717) is 23.6 Å². The lowest BCUT2D eigenvalue weighted by Crippen LogP contribution is -2.23. The molecule has 0 saturated heterocycles. The van der Waals surface area contributed by atoms with Crippen LogP contribution in [0.2, 0.25) is 0 Å². The highest BCUT2D eigenvalue weighted by molar-refractivity contribution is 7.99. The van der Waals surface area contributed by atoms with Gasteiger partial charge in [-0.25, -0.2) is 0 Å². The average Bonchev–Trinajstić information content (AvgIpc) is 2.49. The van der Waals surface area contributed by atoms with Crippen molar-refractivity contribution in [2.45, 2.75) is 18.2 Å². The molecule has 5 nitrogen and oxygen atoms in total. The van der Waals surface area contributed by atoms with Gasteiger partial charge in [-0.1, -0.05) is 12.1 Å². The number of thioether (sulfide) groups is 1. The molecule has 0 aliphatic heterocycles. The molecule has 0 saturated carbocycles. The van der Waals surface area contributed by atoms with E-state index < -0.39 is 11.5 Å². The van der Waals surface area contributed by atoms with E-state index in [2.05, 4.69) is 16.4 Å². The lowest BCUT2D eigenvalue weighted by atomic mass is 10.2. The van der Waals surface area contributed by atoms with Gasteiger partial charge in [0.15, 0.2) is 0 Å². The molecule has 1 amide bonds. The highest BCUT2D eigenvalue weighted by Gasteiger charge is 2.12. The van der Waals surface area contributed by atoms with Gasteiger partial charge in [-0.3, -0.25) is 9.59 Å². The number of H-pyrrole nitrogens is 1. The van der Waals surface area contributed by atoms with Gasteiger partial charge in [0.05, 0.1) is 11.8 Å². The second-order valence-electron chi connectivity index (χ2n) is 4.59. The third-order valence-electron chi connectivity index (χ3n) is 2.91. The van der Waals surface area contributed by atoms with Crippen LogP contribution in [0.1, 0.15) is 22.5 Å². The average molecular weight is 313 g/mol. The predicted octanol–water partition coefficient (Wildman–Crippen LogP) is 2.94. The summed E-state index contributed by atoms with van der Waals surface area (Å²) < 4.78 is 0. The van der Waals surface area contributed by atoms with Crippen molar-refractivity contribution in [3.63, 3.8) is 0 Å². The van der Waals surface area contributed by atoms with Gasteiger partial charge in [0.25, 0.3) is 11.5 Å². The smallest absolute Gasteiger partial charge is 0.261 e. The number of aromatic nitrogens is 1. The van der Waals surface area contributed by atoms with Crippen molar-refractivity contribution in [2.75, 3.05) is 11.1 Å². The van der Waals surface area contributed by atoms with Crippen LogP contribution in [0.15, 0.2) is 46.1 Å². The van der Waals surface area contributed by atoms with Crippen LogP contribution in [-0.4, -0.2) is 16.6 Å². The third kappa shape index (κ3) is 3.99. The number of nitriles is 1. The number of rotatable bonds is 5. The fourth-order valence-corrected chi connectivity index (χ4v) is 2.71. The third-order valence-corrected chi connectivity index (χ3v) is 3.98. The summed E-state index contributed by atoms with van der Waals surface area (Å²) in [5, 5.41) is 11.3. The first-order valence-corrected chi connectivity index (χ1v) is 7.70. The molecular formula is C16H15N3O2S. The quantitative estimate of drug-likeness (QED) is 0.656. The molecule has 2 aromatic rings. The fourth-order valence-electron chi connectivity index (χ4n) is 1.84. The van der Waals surface area contributed by atoms with Gasteiger partial charge in [-0.05, 0) is 31.2 Å². The van der Waals surface area contributed by atoms with Crippen molar-refractivity contribution in [2.24, 2.45) is 0 Å². The molecular weight excluding hydrogens is 298 g/mol. The Kier molecular flexibility index (Phi) is 5.39. The Labute approximate surface area is 132 Å². The van der Waals surface area contributed by atoms with E-state index in [9.17, 15) is 9.59 Å². The second kappa shape index (κ2) is 7.48. The summed E-state index contributed by atoms with van der Waals surface area (Å²) in [4.78, 5) is 27.5. The van der Waals surface area contributed by atoms with E-state index in [1.54, 1.807) is 19.1 Å². The second-order valence-corrected chi connectivity index (χ2v) is 5.73. The summed E-state index contributed by atoms with van der Waals surface area (Å²) in [7, 11) is 0. The minimum absolute atomic E-state index is 0.0717. The van der Waals surface area contributed by atoms with Crippen molar-refractivity contribution >= 4 is 23.4 Å². The molecule has 0 aliphatic carbocycles. The van der Waals surface area contributed by atoms with E-state index in [1.165, 1.54) is 17.8 Å². The largest absolute Gasteiger partial charge is 0.326 e.